The van der Waals surface area contributed by atoms with Crippen LogP contribution in [0.2, 0.25) is 0 Å². The summed E-state index contributed by atoms with van der Waals surface area (Å²) in [6, 6.07) is 93.7. The molecule has 374 valence electrons. The van der Waals surface area contributed by atoms with Gasteiger partial charge in [0.25, 0.3) is 0 Å². The van der Waals surface area contributed by atoms with E-state index < -0.39 is 31.6 Å². The number of hydrogen-bond acceptors (Lipinski definition) is 3. The van der Waals surface area contributed by atoms with Gasteiger partial charge in [-0.15, -0.1) is 0 Å². The van der Waals surface area contributed by atoms with Crippen LogP contribution in [0.4, 0.5) is 0 Å². The molecule has 0 unspecified atom stereocenters. The van der Waals surface area contributed by atoms with Gasteiger partial charge in [0.2, 0.25) is 0 Å². The largest absolute Gasteiger partial charge is 0.816 e. The topological polar surface area (TPSA) is 42.6 Å². The van der Waals surface area contributed by atoms with Crippen molar-refractivity contribution in [3.63, 3.8) is 0 Å². The van der Waals surface area contributed by atoms with Crippen molar-refractivity contribution in [1.82, 2.24) is 0 Å². The molecule has 3 heterocycles. The van der Waals surface area contributed by atoms with Crippen molar-refractivity contribution in [3.05, 3.63) is 261 Å². The van der Waals surface area contributed by atoms with E-state index >= 15 is 0 Å². The van der Waals surface area contributed by atoms with Crippen molar-refractivity contribution in [1.29, 1.82) is 0 Å². The Kier molecular flexibility index (Phi) is 15.0. The van der Waals surface area contributed by atoms with Gasteiger partial charge in [-0.1, -0.05) is 312 Å². The summed E-state index contributed by atoms with van der Waals surface area (Å²) >= 11 is 28.8. The first-order chi connectivity index (χ1) is 37.1. The molecule has 0 bridgehead atoms. The maximum atomic E-state index is 14.0. The molecule has 0 saturated heterocycles. The lowest BCUT2D eigenvalue weighted by Gasteiger charge is -2.45. The second-order valence-corrected chi connectivity index (χ2v) is 29.9. The third-order valence-corrected chi connectivity index (χ3v) is 24.0. The number of fused-ring (bicyclic) bond motifs is 8. The number of rotatable bonds is 8. The van der Waals surface area contributed by atoms with Gasteiger partial charge in [0.15, 0.2) is 36.1 Å². The molecule has 0 fully saturated rings. The Hall–Kier alpha value is -6.33. The summed E-state index contributed by atoms with van der Waals surface area (Å²) in [6.45, 7) is -3.31. The minimum absolute atomic E-state index is 0.634. The van der Waals surface area contributed by atoms with Crippen LogP contribution < -0.4 is 55.3 Å². The molecule has 13 rings (SSSR count). The van der Waals surface area contributed by atoms with Crippen molar-refractivity contribution in [2.24, 2.45) is 0 Å². The number of pyridine rings is 1. The smallest absolute Gasteiger partial charge is 0.594 e. The second-order valence-electron chi connectivity index (χ2n) is 18.4. The first kappa shape index (κ1) is 51.8. The predicted molar refractivity (Wildman–Crippen MR) is 327 cm³/mol. The average Bonchev–Trinajstić information content (AvgIpc) is 3.55. The summed E-state index contributed by atoms with van der Waals surface area (Å²) in [5, 5.41) is 27.6. The monoisotopic (exact) mass is 1140 g/mol. The van der Waals surface area contributed by atoms with E-state index in [-0.39, 0.29) is 0 Å². The van der Waals surface area contributed by atoms with Crippen molar-refractivity contribution in [2.75, 3.05) is 0 Å². The van der Waals surface area contributed by atoms with E-state index in [9.17, 15) is 5.02 Å². The van der Waals surface area contributed by atoms with Crippen LogP contribution in [-0.4, -0.2) is 36.7 Å². The third-order valence-electron chi connectivity index (χ3n) is 14.5. The quantitative estimate of drug-likeness (QED) is 0.0937. The highest BCUT2D eigenvalue weighted by molar-refractivity contribution is 7.21. The van der Waals surface area contributed by atoms with Gasteiger partial charge in [-0.25, -0.2) is 0 Å². The average molecular weight is 1140 g/mol. The number of aromatic nitrogens is 1. The molecule has 2 aliphatic rings. The van der Waals surface area contributed by atoms with E-state index in [4.69, 9.17) is 78.9 Å². The number of halogens is 6. The molecule has 76 heavy (non-hydrogen) atoms. The van der Waals surface area contributed by atoms with E-state index in [0.29, 0.717) is 11.5 Å². The zero-order valence-corrected chi connectivity index (χ0v) is 47.1. The highest BCUT2D eigenvalue weighted by atomic mass is 35.6. The van der Waals surface area contributed by atoms with Gasteiger partial charge < -0.3 is 18.8 Å². The summed E-state index contributed by atoms with van der Waals surface area (Å²) in [4.78, 5) is 0. The summed E-state index contributed by atoms with van der Waals surface area (Å²) in [5.74, 6) is 1.27. The van der Waals surface area contributed by atoms with E-state index in [1.807, 2.05) is 4.48 Å². The molecule has 0 saturated carbocycles. The fraction of sp³-hybridized carbons (Fsp3) is 0.0317. The van der Waals surface area contributed by atoms with Crippen molar-refractivity contribution in [2.45, 2.75) is 8.59 Å². The van der Waals surface area contributed by atoms with Gasteiger partial charge in [0.05, 0.1) is 22.6 Å². The van der Waals surface area contributed by atoms with Crippen LogP contribution in [0, 0.1) is 0 Å². The van der Waals surface area contributed by atoms with Crippen LogP contribution in [0.25, 0.3) is 44.1 Å². The van der Waals surface area contributed by atoms with Gasteiger partial charge in [-0.05, 0) is 69.1 Å². The van der Waals surface area contributed by atoms with Crippen molar-refractivity contribution in [3.8, 4) is 34.0 Å². The van der Waals surface area contributed by atoms with E-state index in [2.05, 4.69) is 261 Å². The van der Waals surface area contributed by atoms with Gasteiger partial charge >= 0.3 is 6.89 Å². The first-order valence-electron chi connectivity index (χ1n) is 24.7. The summed E-state index contributed by atoms with van der Waals surface area (Å²) < 4.78 is 15.7. The molecule has 0 aliphatic carbocycles. The zero-order valence-electron chi connectivity index (χ0n) is 40.5. The van der Waals surface area contributed by atoms with E-state index in [1.54, 1.807) is 0 Å². The van der Waals surface area contributed by atoms with Crippen LogP contribution in [-0.2, 0) is 0 Å². The Balaban J connectivity index is 0.000000723. The van der Waals surface area contributed by atoms with Crippen molar-refractivity contribution < 1.29 is 18.8 Å². The molecule has 0 atom stereocenters. The summed E-state index contributed by atoms with van der Waals surface area (Å²) in [7, 11) is -6.51. The third kappa shape index (κ3) is 9.11. The molecule has 10 aromatic carbocycles. The maximum absolute atomic E-state index is 14.0. The van der Waals surface area contributed by atoms with Crippen LogP contribution in [0.15, 0.2) is 261 Å². The zero-order chi connectivity index (χ0) is 52.4. The van der Waals surface area contributed by atoms with Crippen molar-refractivity contribution >= 4 is 156 Å². The molecular formula is C63H46BCl6NO3Si2. The molecule has 0 spiro atoms. The van der Waals surface area contributed by atoms with Crippen LogP contribution in [0.1, 0.15) is 0 Å². The Bertz CT molecular complexity index is 3390. The standard InChI is InChI=1S/C61H44BNO3Si2.2CHCl3/c64-62-63-54(58-52-38-21-19-24-44(52)42-56(60(58)65-62)67(46-26-7-1-8-27-46,47-28-9-2-10-29-47)48-30-11-3-12-31-48)40-23-41-55(63)59-53-39-22-20-25-45(53)43-57(61(59)66-62)68(49-32-13-4-14-33-49,50-34-15-5-16-35-50)51-36-17-6-18-37-51;2*2-1(3)4/h1-43,64H;2*1H. The normalized spacial score (nSPS) is 13.0. The maximum Gasteiger partial charge on any atom is 0.816 e. The fourth-order valence-electron chi connectivity index (χ4n) is 11.7. The predicted octanol–water partition coefficient (Wildman–Crippen LogP) is 11.4. The van der Waals surface area contributed by atoms with E-state index in [1.165, 1.54) is 31.1 Å². The van der Waals surface area contributed by atoms with Crippen LogP contribution >= 0.6 is 69.6 Å². The summed E-state index contributed by atoms with van der Waals surface area (Å²) in [6.07, 6.45) is 0. The molecule has 4 nitrogen and oxygen atoms in total. The van der Waals surface area contributed by atoms with Gasteiger partial charge in [0, 0.05) is 12.1 Å². The molecule has 13 heteroatoms. The number of hydrogen-bond donors (Lipinski definition) is 1. The highest BCUT2D eigenvalue weighted by Gasteiger charge is 2.60. The van der Waals surface area contributed by atoms with Gasteiger partial charge in [-0.3, -0.25) is 0 Å². The van der Waals surface area contributed by atoms with Crippen LogP contribution in [0.3, 0.4) is 0 Å². The first-order valence-corrected chi connectivity index (χ1v) is 31.3. The molecule has 11 aromatic rings. The highest BCUT2D eigenvalue weighted by Crippen LogP contribution is 2.46. The van der Waals surface area contributed by atoms with E-state index in [0.717, 1.165) is 54.4 Å². The minimum atomic E-state index is -3.31. The lowest BCUT2D eigenvalue weighted by Crippen LogP contribution is -2.81. The number of benzene rings is 10. The summed E-state index contributed by atoms with van der Waals surface area (Å²) in [5.41, 5.74) is 3.53. The fourth-order valence-corrected chi connectivity index (χ4v) is 21.6. The second kappa shape index (κ2) is 22.0. The Morgan fingerprint density at radius 3 is 0.868 bits per heavy atom. The SMILES string of the molecule is ClC(Cl)Cl.ClC(Cl)Cl.O[B-]12Oc3c([Si](c4ccccc4)(c4ccccc4)c4ccccc4)cc4ccccc4c3-c3cccc([n+]31)-c1c(c([Si](c3ccccc3)(c3ccccc3)c3ccccc3)cc3ccccc13)O2. The molecule has 1 N–H and O–H groups in total. The minimum Gasteiger partial charge on any atom is -0.594 e. The molecular weight excluding hydrogens is 1100 g/mol. The van der Waals surface area contributed by atoms with Crippen LogP contribution in [0.5, 0.6) is 11.5 Å². The molecule has 2 aliphatic heterocycles. The number of alkyl halides is 6. The van der Waals surface area contributed by atoms with Gasteiger partial charge in [-0.2, -0.15) is 0 Å². The Labute approximate surface area is 474 Å². The molecule has 1 aromatic heterocycles. The molecule has 0 amide bonds. The molecule has 0 radical (unpaired) electrons. The number of nitrogens with zero attached hydrogens (tertiary/aromatic N) is 1. The lowest BCUT2D eigenvalue weighted by atomic mass is 9.82. The Morgan fingerprint density at radius 1 is 0.342 bits per heavy atom. The lowest BCUT2D eigenvalue weighted by molar-refractivity contribution is -0.568. The van der Waals surface area contributed by atoms with Gasteiger partial charge in [0.1, 0.15) is 0 Å². The Morgan fingerprint density at radius 2 is 0.592 bits per heavy atom.